The summed E-state index contributed by atoms with van der Waals surface area (Å²) in [4.78, 5) is 0. The van der Waals surface area contributed by atoms with Gasteiger partial charge in [0, 0.05) is 22.2 Å². The average Bonchev–Trinajstić information content (AvgIpc) is 2.75. The Morgan fingerprint density at radius 2 is 1.75 bits per heavy atom. The molecule has 0 aliphatic rings. The highest BCUT2D eigenvalue weighted by molar-refractivity contribution is 6.35. The first-order valence-electron chi connectivity index (χ1n) is 4.93. The van der Waals surface area contributed by atoms with E-state index in [1.165, 1.54) is 0 Å². The Bertz CT molecular complexity index is 434. The van der Waals surface area contributed by atoms with E-state index >= 15 is 0 Å². The normalized spacial score (nSPS) is 10.6. The van der Waals surface area contributed by atoms with Crippen LogP contribution < -0.4 is 5.32 Å². The second-order valence-electron chi connectivity index (χ2n) is 3.38. The first-order valence-corrected chi connectivity index (χ1v) is 5.69. The van der Waals surface area contributed by atoms with Crippen molar-refractivity contribution in [3.8, 4) is 0 Å². The predicted molar refractivity (Wildman–Crippen MR) is 65.7 cm³/mol. The zero-order chi connectivity index (χ0) is 11.4. The molecule has 0 saturated carbocycles. The van der Waals surface area contributed by atoms with Gasteiger partial charge in [-0.05, 0) is 24.3 Å². The maximum atomic E-state index is 6.04. The number of rotatable bonds is 4. The van der Waals surface area contributed by atoms with Gasteiger partial charge in [-0.25, -0.2) is 0 Å². The molecule has 4 heteroatoms. The van der Waals surface area contributed by atoms with E-state index in [0.29, 0.717) is 23.1 Å². The minimum absolute atomic E-state index is 0.624. The molecule has 1 aromatic carbocycles. The van der Waals surface area contributed by atoms with Crippen LogP contribution >= 0.6 is 23.2 Å². The third-order valence-electron chi connectivity index (χ3n) is 2.24. The van der Waals surface area contributed by atoms with E-state index in [1.807, 2.05) is 30.3 Å². The Morgan fingerprint density at radius 1 is 1.00 bits per heavy atom. The lowest BCUT2D eigenvalue weighted by molar-refractivity contribution is 0.483. The molecule has 0 amide bonds. The number of hydrogen-bond donors (Lipinski definition) is 1. The molecule has 0 radical (unpaired) electrons. The van der Waals surface area contributed by atoms with E-state index in [2.05, 4.69) is 5.32 Å². The molecule has 0 saturated heterocycles. The van der Waals surface area contributed by atoms with Gasteiger partial charge in [0.2, 0.25) is 0 Å². The van der Waals surface area contributed by atoms with Crippen LogP contribution in [0.2, 0.25) is 10.0 Å². The van der Waals surface area contributed by atoms with Crippen molar-refractivity contribution in [3.63, 3.8) is 0 Å². The Hall–Kier alpha value is -0.960. The summed E-state index contributed by atoms with van der Waals surface area (Å²) in [6.45, 7) is 1.29. The molecule has 1 N–H and O–H groups in total. The molecule has 0 unspecified atom stereocenters. The van der Waals surface area contributed by atoms with E-state index in [0.717, 1.165) is 11.3 Å². The first-order chi connectivity index (χ1) is 7.77. The van der Waals surface area contributed by atoms with Crippen LogP contribution in [0.25, 0.3) is 0 Å². The molecule has 2 nitrogen and oxygen atoms in total. The summed E-state index contributed by atoms with van der Waals surface area (Å²) in [6.07, 6.45) is 1.65. The van der Waals surface area contributed by atoms with Gasteiger partial charge < -0.3 is 9.73 Å². The predicted octanol–water partition coefficient (Wildman–Crippen LogP) is 3.88. The lowest BCUT2D eigenvalue weighted by Gasteiger charge is -2.07. The molecule has 1 heterocycles. The van der Waals surface area contributed by atoms with Crippen molar-refractivity contribution >= 4 is 23.2 Å². The van der Waals surface area contributed by atoms with Crippen LogP contribution in [0.3, 0.4) is 0 Å². The van der Waals surface area contributed by atoms with Crippen molar-refractivity contribution < 1.29 is 4.42 Å². The van der Waals surface area contributed by atoms with Gasteiger partial charge in [0.1, 0.15) is 5.76 Å². The van der Waals surface area contributed by atoms with Gasteiger partial charge in [-0.15, -0.1) is 0 Å². The maximum Gasteiger partial charge on any atom is 0.117 e. The zero-order valence-corrected chi connectivity index (χ0v) is 10.1. The lowest BCUT2D eigenvalue weighted by Crippen LogP contribution is -2.12. The Morgan fingerprint density at radius 3 is 2.38 bits per heavy atom. The van der Waals surface area contributed by atoms with E-state index in [9.17, 15) is 0 Å². The monoisotopic (exact) mass is 255 g/mol. The molecule has 1 aromatic heterocycles. The fraction of sp³-hybridized carbons (Fsp3) is 0.167. The highest BCUT2D eigenvalue weighted by Crippen LogP contribution is 2.23. The van der Waals surface area contributed by atoms with Crippen LogP contribution in [0.4, 0.5) is 0 Å². The van der Waals surface area contributed by atoms with Crippen molar-refractivity contribution in [1.82, 2.24) is 5.32 Å². The Labute approximate surface area is 104 Å². The standard InChI is InChI=1S/C12H11Cl2NO/c13-11-4-1-5-12(14)10(11)8-15-7-9-3-2-6-16-9/h1-6,15H,7-8H2. The van der Waals surface area contributed by atoms with E-state index < -0.39 is 0 Å². The smallest absolute Gasteiger partial charge is 0.117 e. The molecule has 2 aromatic rings. The molecule has 84 valence electrons. The van der Waals surface area contributed by atoms with Crippen molar-refractivity contribution in [2.75, 3.05) is 0 Å². The summed E-state index contributed by atoms with van der Waals surface area (Å²) in [6, 6.07) is 9.27. The Balaban J connectivity index is 1.95. The second kappa shape index (κ2) is 5.39. The van der Waals surface area contributed by atoms with Crippen molar-refractivity contribution in [2.45, 2.75) is 13.1 Å². The molecule has 0 aliphatic heterocycles. The summed E-state index contributed by atoms with van der Waals surface area (Å²) in [5, 5.41) is 4.58. The molecule has 16 heavy (non-hydrogen) atoms. The minimum Gasteiger partial charge on any atom is -0.468 e. The molecule has 0 atom stereocenters. The number of hydrogen-bond acceptors (Lipinski definition) is 2. The van der Waals surface area contributed by atoms with Gasteiger partial charge in [0.05, 0.1) is 12.8 Å². The van der Waals surface area contributed by atoms with E-state index in [-0.39, 0.29) is 0 Å². The Kier molecular flexibility index (Phi) is 3.88. The SMILES string of the molecule is Clc1cccc(Cl)c1CNCc1ccco1. The van der Waals surface area contributed by atoms with Crippen LogP contribution in [-0.2, 0) is 13.1 Å². The minimum atomic E-state index is 0.624. The summed E-state index contributed by atoms with van der Waals surface area (Å²) in [5.41, 5.74) is 0.914. The molecule has 0 bridgehead atoms. The quantitative estimate of drug-likeness (QED) is 0.898. The molecule has 2 rings (SSSR count). The first kappa shape index (κ1) is 11.5. The number of halogens is 2. The molecular formula is C12H11Cl2NO. The van der Waals surface area contributed by atoms with Gasteiger partial charge in [0.15, 0.2) is 0 Å². The lowest BCUT2D eigenvalue weighted by atomic mass is 10.2. The largest absolute Gasteiger partial charge is 0.468 e. The average molecular weight is 256 g/mol. The summed E-state index contributed by atoms with van der Waals surface area (Å²) < 4.78 is 5.20. The zero-order valence-electron chi connectivity index (χ0n) is 8.54. The van der Waals surface area contributed by atoms with Crippen LogP contribution in [0.15, 0.2) is 41.0 Å². The van der Waals surface area contributed by atoms with Crippen LogP contribution in [0, 0.1) is 0 Å². The molecular weight excluding hydrogens is 245 g/mol. The van der Waals surface area contributed by atoms with Gasteiger partial charge >= 0.3 is 0 Å². The van der Waals surface area contributed by atoms with Crippen molar-refractivity contribution in [1.29, 1.82) is 0 Å². The second-order valence-corrected chi connectivity index (χ2v) is 4.20. The number of benzene rings is 1. The van der Waals surface area contributed by atoms with E-state index in [4.69, 9.17) is 27.6 Å². The third kappa shape index (κ3) is 2.79. The molecule has 0 spiro atoms. The van der Waals surface area contributed by atoms with Gasteiger partial charge in [-0.2, -0.15) is 0 Å². The fourth-order valence-electron chi connectivity index (χ4n) is 1.43. The van der Waals surface area contributed by atoms with Crippen LogP contribution in [-0.4, -0.2) is 0 Å². The third-order valence-corrected chi connectivity index (χ3v) is 2.95. The maximum absolute atomic E-state index is 6.04. The van der Waals surface area contributed by atoms with Gasteiger partial charge in [-0.3, -0.25) is 0 Å². The highest BCUT2D eigenvalue weighted by atomic mass is 35.5. The number of nitrogens with one attached hydrogen (secondary N) is 1. The summed E-state index contributed by atoms with van der Waals surface area (Å²) in [7, 11) is 0. The van der Waals surface area contributed by atoms with Crippen LogP contribution in [0.1, 0.15) is 11.3 Å². The topological polar surface area (TPSA) is 25.2 Å². The van der Waals surface area contributed by atoms with Crippen molar-refractivity contribution in [3.05, 3.63) is 58.0 Å². The highest BCUT2D eigenvalue weighted by Gasteiger charge is 2.04. The van der Waals surface area contributed by atoms with E-state index in [1.54, 1.807) is 6.26 Å². The molecule has 0 aliphatic carbocycles. The fourth-order valence-corrected chi connectivity index (χ4v) is 1.96. The summed E-state index contributed by atoms with van der Waals surface area (Å²) >= 11 is 12.1. The van der Waals surface area contributed by atoms with Gasteiger partial charge in [-0.1, -0.05) is 29.3 Å². The van der Waals surface area contributed by atoms with Crippen LogP contribution in [0.5, 0.6) is 0 Å². The summed E-state index contributed by atoms with van der Waals surface area (Å²) in [5.74, 6) is 0.892. The molecule has 0 fully saturated rings. The van der Waals surface area contributed by atoms with Gasteiger partial charge in [0.25, 0.3) is 0 Å². The van der Waals surface area contributed by atoms with Crippen molar-refractivity contribution in [2.24, 2.45) is 0 Å². The number of furan rings is 1.